The fourth-order valence-corrected chi connectivity index (χ4v) is 4.70. The highest BCUT2D eigenvalue weighted by atomic mass is 19.1. The number of ether oxygens (including phenoxy) is 2. The molecular weight excluding hydrogens is 359 g/mol. The molecule has 4 rings (SSSR count). The summed E-state index contributed by atoms with van der Waals surface area (Å²) in [6.07, 6.45) is 1.86. The van der Waals surface area contributed by atoms with E-state index >= 15 is 0 Å². The van der Waals surface area contributed by atoms with Gasteiger partial charge >= 0.3 is 0 Å². The third-order valence-electron chi connectivity index (χ3n) is 5.94. The average Bonchev–Trinajstić information content (AvgIpc) is 3.14. The molecule has 0 aromatic heterocycles. The number of piperidine rings is 1. The van der Waals surface area contributed by atoms with Crippen molar-refractivity contribution in [3.05, 3.63) is 47.8 Å². The first-order chi connectivity index (χ1) is 13.3. The number of carbonyl (C=O) groups excluding carboxylic acids is 1. The van der Waals surface area contributed by atoms with Crippen molar-refractivity contribution in [1.82, 2.24) is 4.90 Å². The van der Waals surface area contributed by atoms with E-state index in [0.717, 1.165) is 12.8 Å². The van der Waals surface area contributed by atoms with Crippen LogP contribution in [-0.4, -0.2) is 35.5 Å². The van der Waals surface area contributed by atoms with E-state index in [0.29, 0.717) is 32.1 Å². The number of halogens is 1. The lowest BCUT2D eigenvalue weighted by molar-refractivity contribution is -0.133. The Bertz CT molecular complexity index is 827. The normalized spacial score (nSPS) is 25.8. The van der Waals surface area contributed by atoms with Crippen molar-refractivity contribution < 1.29 is 18.7 Å². The maximum Gasteiger partial charge on any atom is 0.296 e. The smallest absolute Gasteiger partial charge is 0.296 e. The van der Waals surface area contributed by atoms with Gasteiger partial charge in [-0.3, -0.25) is 4.79 Å². The van der Waals surface area contributed by atoms with Crippen molar-refractivity contribution in [3.8, 4) is 0 Å². The van der Waals surface area contributed by atoms with E-state index in [1.807, 2.05) is 24.8 Å². The number of hydrogen-bond donors (Lipinski definition) is 0. The Morgan fingerprint density at radius 3 is 2.71 bits per heavy atom. The molecule has 3 aliphatic heterocycles. The molecule has 150 valence electrons. The summed E-state index contributed by atoms with van der Waals surface area (Å²) < 4.78 is 25.8. The molecule has 1 unspecified atom stereocenters. The first-order valence-electron chi connectivity index (χ1n) is 9.96. The van der Waals surface area contributed by atoms with Crippen molar-refractivity contribution in [2.45, 2.75) is 57.3 Å². The number of amidine groups is 1. The van der Waals surface area contributed by atoms with Gasteiger partial charge in [0.2, 0.25) is 0 Å². The first kappa shape index (κ1) is 19.1. The molecule has 3 heterocycles. The number of fused-ring (bicyclic) bond motifs is 2. The topological polar surface area (TPSA) is 51.1 Å². The van der Waals surface area contributed by atoms with E-state index in [1.54, 1.807) is 0 Å². The van der Waals surface area contributed by atoms with Crippen LogP contribution in [0.5, 0.6) is 0 Å². The summed E-state index contributed by atoms with van der Waals surface area (Å²) in [4.78, 5) is 18.8. The number of rotatable bonds is 4. The number of carbonyl (C=O) groups is 1. The largest absolute Gasteiger partial charge is 0.448 e. The van der Waals surface area contributed by atoms with Crippen LogP contribution in [0.1, 0.15) is 50.7 Å². The Labute approximate surface area is 165 Å². The van der Waals surface area contributed by atoms with Crippen LogP contribution < -0.4 is 0 Å². The summed E-state index contributed by atoms with van der Waals surface area (Å²) in [5.41, 5.74) is 0.986. The minimum atomic E-state index is -1.26. The zero-order valence-corrected chi connectivity index (χ0v) is 16.5. The zero-order chi connectivity index (χ0) is 19.9. The third-order valence-corrected chi connectivity index (χ3v) is 5.94. The molecule has 1 saturated heterocycles. The van der Waals surface area contributed by atoms with Gasteiger partial charge in [0.15, 0.2) is 5.60 Å². The van der Waals surface area contributed by atoms with Crippen LogP contribution in [0, 0.1) is 5.92 Å². The number of nitrogens with zero attached hydrogens (tertiary/aromatic N) is 2. The van der Waals surface area contributed by atoms with Gasteiger partial charge in [0.1, 0.15) is 0 Å². The number of aliphatic imine (C=N–C) groups is 1. The third kappa shape index (κ3) is 3.24. The van der Waals surface area contributed by atoms with Gasteiger partial charge in [-0.15, -0.1) is 0 Å². The second-order valence-corrected chi connectivity index (χ2v) is 8.52. The molecule has 6 heteroatoms. The van der Waals surface area contributed by atoms with E-state index in [9.17, 15) is 9.18 Å². The quantitative estimate of drug-likeness (QED) is 0.782. The predicted molar refractivity (Wildman–Crippen MR) is 104 cm³/mol. The zero-order valence-electron chi connectivity index (χ0n) is 16.5. The molecule has 1 atom stereocenters. The minimum absolute atomic E-state index is 0.148. The molecule has 5 nitrogen and oxygen atoms in total. The van der Waals surface area contributed by atoms with Crippen molar-refractivity contribution in [3.63, 3.8) is 0 Å². The van der Waals surface area contributed by atoms with Crippen LogP contribution in [0.3, 0.4) is 0 Å². The van der Waals surface area contributed by atoms with Gasteiger partial charge < -0.3 is 14.4 Å². The predicted octanol–water partition coefficient (Wildman–Crippen LogP) is 4.08. The van der Waals surface area contributed by atoms with Crippen LogP contribution in [-0.2, 0) is 26.5 Å². The van der Waals surface area contributed by atoms with Gasteiger partial charge in [0.25, 0.3) is 11.9 Å². The van der Waals surface area contributed by atoms with Crippen LogP contribution in [0.2, 0.25) is 0 Å². The number of benzene rings is 1. The van der Waals surface area contributed by atoms with Crippen molar-refractivity contribution in [2.75, 3.05) is 13.1 Å². The number of hydrogen-bond acceptors (Lipinski definition) is 4. The lowest BCUT2D eigenvalue weighted by Gasteiger charge is -2.40. The fourth-order valence-electron chi connectivity index (χ4n) is 4.70. The minimum Gasteiger partial charge on any atom is -0.448 e. The standard InChI is InChI=1S/C22H27FN2O3/c1-15(2)12-22(13-16(3)23)19(26)24-20(28-22)25-10-8-21(9-11-25)18-7-5-4-6-17(18)14-27-21/h4-7,15H,3,8-14H2,1-2H3. The number of amides is 1. The van der Waals surface area contributed by atoms with Gasteiger partial charge in [-0.05, 0) is 36.3 Å². The summed E-state index contributed by atoms with van der Waals surface area (Å²) in [6.45, 7) is 9.29. The molecule has 0 aliphatic carbocycles. The molecule has 3 aliphatic rings. The highest BCUT2D eigenvalue weighted by molar-refractivity contribution is 6.01. The van der Waals surface area contributed by atoms with E-state index in [-0.39, 0.29) is 17.9 Å². The van der Waals surface area contributed by atoms with Gasteiger partial charge in [-0.1, -0.05) is 44.7 Å². The number of likely N-dealkylation sites (tertiary alicyclic amines) is 1. The Kier molecular flexibility index (Phi) is 4.78. The molecule has 0 N–H and O–H groups in total. The second-order valence-electron chi connectivity index (χ2n) is 8.52. The molecule has 1 aromatic carbocycles. The molecular formula is C22H27FN2O3. The van der Waals surface area contributed by atoms with Crippen LogP contribution >= 0.6 is 0 Å². The summed E-state index contributed by atoms with van der Waals surface area (Å²) >= 11 is 0. The molecule has 28 heavy (non-hydrogen) atoms. The molecule has 0 saturated carbocycles. The molecule has 1 aromatic rings. The van der Waals surface area contributed by atoms with E-state index in [4.69, 9.17) is 9.47 Å². The Morgan fingerprint density at radius 2 is 2.04 bits per heavy atom. The monoisotopic (exact) mass is 386 g/mol. The lowest BCUT2D eigenvalue weighted by Crippen LogP contribution is -2.47. The van der Waals surface area contributed by atoms with E-state index < -0.39 is 17.3 Å². The Morgan fingerprint density at radius 1 is 1.32 bits per heavy atom. The Hall–Kier alpha value is -2.21. The van der Waals surface area contributed by atoms with E-state index in [2.05, 4.69) is 29.8 Å². The fraction of sp³-hybridized carbons (Fsp3) is 0.545. The molecule has 1 amide bonds. The van der Waals surface area contributed by atoms with Gasteiger partial charge in [0.05, 0.1) is 18.0 Å². The maximum atomic E-state index is 13.6. The lowest BCUT2D eigenvalue weighted by atomic mass is 9.84. The second kappa shape index (κ2) is 6.99. The average molecular weight is 386 g/mol. The molecule has 1 fully saturated rings. The maximum absolute atomic E-state index is 13.6. The molecule has 0 bridgehead atoms. The highest BCUT2D eigenvalue weighted by Crippen LogP contribution is 2.44. The SMILES string of the molecule is C=C(F)CC1(CC(C)C)OC(N2CCC3(CC2)OCc2ccccc23)=NC1=O. The van der Waals surface area contributed by atoms with Gasteiger partial charge in [-0.25, -0.2) is 4.39 Å². The van der Waals surface area contributed by atoms with Crippen molar-refractivity contribution in [2.24, 2.45) is 10.9 Å². The van der Waals surface area contributed by atoms with Crippen molar-refractivity contribution in [1.29, 1.82) is 0 Å². The molecule has 1 spiro atoms. The summed E-state index contributed by atoms with van der Waals surface area (Å²) in [5.74, 6) is -0.789. The van der Waals surface area contributed by atoms with Crippen LogP contribution in [0.4, 0.5) is 4.39 Å². The molecule has 0 radical (unpaired) electrons. The Balaban J connectivity index is 1.48. The van der Waals surface area contributed by atoms with Crippen LogP contribution in [0.25, 0.3) is 0 Å². The summed E-state index contributed by atoms with van der Waals surface area (Å²) in [6, 6.07) is 8.66. The summed E-state index contributed by atoms with van der Waals surface area (Å²) in [5, 5.41) is 0. The van der Waals surface area contributed by atoms with Crippen molar-refractivity contribution >= 4 is 11.9 Å². The highest BCUT2D eigenvalue weighted by Gasteiger charge is 2.50. The van der Waals surface area contributed by atoms with E-state index in [1.165, 1.54) is 11.1 Å². The first-order valence-corrected chi connectivity index (χ1v) is 9.96. The summed E-state index contributed by atoms with van der Waals surface area (Å²) in [7, 11) is 0. The van der Waals surface area contributed by atoms with Gasteiger partial charge in [0, 0.05) is 19.5 Å². The van der Waals surface area contributed by atoms with Gasteiger partial charge in [-0.2, -0.15) is 4.99 Å². The van der Waals surface area contributed by atoms with Crippen LogP contribution in [0.15, 0.2) is 41.7 Å².